The Hall–Kier alpha value is -3.59. The molecule has 0 saturated heterocycles. The first-order chi connectivity index (χ1) is 32.8. The van der Waals surface area contributed by atoms with E-state index in [0.29, 0.717) is 12.8 Å². The molecule has 3 N–H and O–H groups in total. The Morgan fingerprint density at radius 2 is 0.821 bits per heavy atom. The Morgan fingerprint density at radius 3 is 1.25 bits per heavy atom. The maximum atomic E-state index is 12.6. The molecule has 0 saturated carbocycles. The summed E-state index contributed by atoms with van der Waals surface area (Å²) in [5.41, 5.74) is 5.36. The molecule has 0 aromatic heterocycles. The number of carbonyl (C=O) groups is 2. The van der Waals surface area contributed by atoms with Crippen molar-refractivity contribution in [2.75, 3.05) is 26.4 Å². The minimum Gasteiger partial charge on any atom is -0.462 e. The van der Waals surface area contributed by atoms with Crippen LogP contribution in [0.25, 0.3) is 0 Å². The molecule has 0 aromatic rings. The zero-order chi connectivity index (χ0) is 48.8. The Kier molecular flexibility index (Phi) is 49.0. The number of hydrogen-bond acceptors (Lipinski definition) is 8. The molecule has 0 spiro atoms. The summed E-state index contributed by atoms with van der Waals surface area (Å²) in [7, 11) is -4.40. The van der Waals surface area contributed by atoms with Gasteiger partial charge in [0.15, 0.2) is 6.10 Å². The molecular weight excluding hydrogens is 858 g/mol. The molecule has 0 aliphatic carbocycles. The van der Waals surface area contributed by atoms with Gasteiger partial charge in [-0.25, -0.2) is 4.57 Å². The number of unbranched alkanes of at least 4 members (excludes halogenated alkanes) is 14. The van der Waals surface area contributed by atoms with Crippen LogP contribution in [0.4, 0.5) is 0 Å². The quantitative estimate of drug-likeness (QED) is 0.0265. The molecule has 0 bridgehead atoms. The predicted octanol–water partition coefficient (Wildman–Crippen LogP) is 16.1. The Labute approximate surface area is 409 Å². The summed E-state index contributed by atoms with van der Waals surface area (Å²) in [6.07, 6.45) is 71.0. The van der Waals surface area contributed by atoms with E-state index in [1.54, 1.807) is 0 Å². The standard InChI is InChI=1S/C57H94NO8P/c1-3-5-7-9-11-13-15-17-19-20-21-22-23-24-25-26-27-28-29-30-31-32-33-34-36-38-40-42-44-46-48-50-57(60)66-55(54-65-67(61,62)64-52-51-58)53-63-56(59)49-47-45-43-41-39-37-35-18-16-14-12-10-8-6-4-2/h5,7,11,13,17-19,21-22,24-25,27-28,30-31,33-35,38,40,55H,3-4,6,8-10,12,14-16,20,23,26,29,32,36-37,39,41-54,58H2,1-2H3,(H,61,62)/b7-5-,13-11-,19-17-,22-21-,25-24-,28-27-,31-30-,34-33-,35-18-,40-38-. The number of allylic oxidation sites excluding steroid dienone is 20. The van der Waals surface area contributed by atoms with Crippen molar-refractivity contribution in [3.8, 4) is 0 Å². The largest absolute Gasteiger partial charge is 0.472 e. The third-order valence-corrected chi connectivity index (χ3v) is 11.3. The van der Waals surface area contributed by atoms with Gasteiger partial charge in [-0.05, 0) is 109 Å². The monoisotopic (exact) mass is 952 g/mol. The van der Waals surface area contributed by atoms with Crippen molar-refractivity contribution < 1.29 is 37.6 Å². The molecule has 0 radical (unpaired) electrons. The molecule has 0 heterocycles. The Morgan fingerprint density at radius 1 is 0.463 bits per heavy atom. The first kappa shape index (κ1) is 63.4. The van der Waals surface area contributed by atoms with Gasteiger partial charge in [-0.1, -0.05) is 193 Å². The van der Waals surface area contributed by atoms with Crippen molar-refractivity contribution in [3.63, 3.8) is 0 Å². The van der Waals surface area contributed by atoms with Crippen molar-refractivity contribution in [1.82, 2.24) is 0 Å². The lowest BCUT2D eigenvalue weighted by atomic mass is 10.1. The van der Waals surface area contributed by atoms with E-state index in [2.05, 4.69) is 135 Å². The smallest absolute Gasteiger partial charge is 0.462 e. The molecule has 9 nitrogen and oxygen atoms in total. The zero-order valence-corrected chi connectivity index (χ0v) is 43.0. The van der Waals surface area contributed by atoms with Crippen LogP contribution < -0.4 is 5.73 Å². The number of esters is 2. The fraction of sp³-hybridized carbons (Fsp3) is 0.614. The highest BCUT2D eigenvalue weighted by molar-refractivity contribution is 7.47. The van der Waals surface area contributed by atoms with Gasteiger partial charge in [-0.15, -0.1) is 0 Å². The van der Waals surface area contributed by atoms with Gasteiger partial charge >= 0.3 is 19.8 Å². The molecule has 0 aromatic carbocycles. The van der Waals surface area contributed by atoms with E-state index in [0.717, 1.165) is 109 Å². The molecule has 0 aliphatic rings. The van der Waals surface area contributed by atoms with Crippen LogP contribution in [0.1, 0.15) is 194 Å². The van der Waals surface area contributed by atoms with Gasteiger partial charge in [0.2, 0.25) is 0 Å². The highest BCUT2D eigenvalue weighted by Crippen LogP contribution is 2.43. The summed E-state index contributed by atoms with van der Waals surface area (Å²) in [5, 5.41) is 0. The zero-order valence-electron chi connectivity index (χ0n) is 42.1. The van der Waals surface area contributed by atoms with Gasteiger partial charge in [0.25, 0.3) is 0 Å². The molecular formula is C57H94NO8P. The van der Waals surface area contributed by atoms with Gasteiger partial charge in [-0.2, -0.15) is 0 Å². The number of nitrogens with two attached hydrogens (primary N) is 1. The van der Waals surface area contributed by atoms with Crippen molar-refractivity contribution >= 4 is 19.8 Å². The van der Waals surface area contributed by atoms with Crippen LogP contribution in [0.5, 0.6) is 0 Å². The molecule has 67 heavy (non-hydrogen) atoms. The van der Waals surface area contributed by atoms with E-state index in [4.69, 9.17) is 24.3 Å². The second-order valence-electron chi connectivity index (χ2n) is 16.7. The van der Waals surface area contributed by atoms with E-state index in [1.807, 2.05) is 0 Å². The third kappa shape index (κ3) is 51.6. The number of phosphoric acid groups is 1. The number of phosphoric ester groups is 1. The van der Waals surface area contributed by atoms with Crippen molar-refractivity contribution in [2.45, 2.75) is 200 Å². The Balaban J connectivity index is 4.16. The Bertz CT molecular complexity index is 1500. The number of carbonyl (C=O) groups excluding carboxylic acids is 2. The third-order valence-electron chi connectivity index (χ3n) is 10.3. The highest BCUT2D eigenvalue weighted by atomic mass is 31.2. The van der Waals surface area contributed by atoms with Crippen LogP contribution in [-0.4, -0.2) is 49.3 Å². The molecule has 0 aliphatic heterocycles. The van der Waals surface area contributed by atoms with Gasteiger partial charge in [0.1, 0.15) is 6.61 Å². The summed E-state index contributed by atoms with van der Waals surface area (Å²) in [6, 6.07) is 0. The highest BCUT2D eigenvalue weighted by Gasteiger charge is 2.26. The predicted molar refractivity (Wildman–Crippen MR) is 284 cm³/mol. The molecule has 0 fully saturated rings. The van der Waals surface area contributed by atoms with E-state index in [1.165, 1.54) is 44.9 Å². The lowest BCUT2D eigenvalue weighted by Crippen LogP contribution is -2.29. The summed E-state index contributed by atoms with van der Waals surface area (Å²) in [4.78, 5) is 35.0. The van der Waals surface area contributed by atoms with Crippen molar-refractivity contribution in [2.24, 2.45) is 5.73 Å². The van der Waals surface area contributed by atoms with E-state index in [-0.39, 0.29) is 32.6 Å². The van der Waals surface area contributed by atoms with Crippen molar-refractivity contribution in [3.05, 3.63) is 122 Å². The van der Waals surface area contributed by atoms with Crippen LogP contribution in [-0.2, 0) is 32.7 Å². The van der Waals surface area contributed by atoms with Crippen LogP contribution in [0.15, 0.2) is 122 Å². The van der Waals surface area contributed by atoms with E-state index in [9.17, 15) is 19.0 Å². The maximum absolute atomic E-state index is 12.6. The van der Waals surface area contributed by atoms with Gasteiger partial charge in [0.05, 0.1) is 13.2 Å². The SMILES string of the molecule is CC/C=C\C/C=C\C/C=C\C/C=C\C/C=C\C/C=C\C/C=C\C/C=C\C/C=C\CCCCCC(=O)OC(COC(=O)CCCCCCC/C=C\CCCCCCCC)COP(=O)(O)OCCN. The average molecular weight is 952 g/mol. The molecule has 0 rings (SSSR count). The van der Waals surface area contributed by atoms with Crippen LogP contribution in [0.3, 0.4) is 0 Å². The minimum atomic E-state index is -4.40. The molecule has 380 valence electrons. The maximum Gasteiger partial charge on any atom is 0.472 e. The van der Waals surface area contributed by atoms with Gasteiger partial charge < -0.3 is 20.1 Å². The molecule has 10 heteroatoms. The number of rotatable bonds is 47. The fourth-order valence-electron chi connectivity index (χ4n) is 6.50. The van der Waals surface area contributed by atoms with E-state index >= 15 is 0 Å². The second-order valence-corrected chi connectivity index (χ2v) is 18.1. The number of ether oxygens (including phenoxy) is 2. The van der Waals surface area contributed by atoms with E-state index < -0.39 is 32.5 Å². The lowest BCUT2D eigenvalue weighted by Gasteiger charge is -2.19. The minimum absolute atomic E-state index is 0.0399. The first-order valence-corrected chi connectivity index (χ1v) is 27.5. The van der Waals surface area contributed by atoms with Crippen LogP contribution in [0, 0.1) is 0 Å². The fourth-order valence-corrected chi connectivity index (χ4v) is 7.27. The lowest BCUT2D eigenvalue weighted by molar-refractivity contribution is -0.161. The van der Waals surface area contributed by atoms with Gasteiger partial charge in [-0.3, -0.25) is 18.6 Å². The normalized spacial score (nSPS) is 14.1. The second kappa shape index (κ2) is 51.8. The summed E-state index contributed by atoms with van der Waals surface area (Å²) in [5.74, 6) is -0.886. The topological polar surface area (TPSA) is 134 Å². The molecule has 2 unspecified atom stereocenters. The van der Waals surface area contributed by atoms with Crippen LogP contribution >= 0.6 is 7.82 Å². The first-order valence-electron chi connectivity index (χ1n) is 26.0. The summed E-state index contributed by atoms with van der Waals surface area (Å²) in [6.45, 7) is 3.55. The average Bonchev–Trinajstić information content (AvgIpc) is 3.32. The molecule has 0 amide bonds. The number of hydrogen-bond donors (Lipinski definition) is 2. The molecule has 2 atom stereocenters. The van der Waals surface area contributed by atoms with Crippen molar-refractivity contribution in [1.29, 1.82) is 0 Å². The van der Waals surface area contributed by atoms with Gasteiger partial charge in [0, 0.05) is 19.4 Å². The van der Waals surface area contributed by atoms with Crippen LogP contribution in [0.2, 0.25) is 0 Å². The summed E-state index contributed by atoms with van der Waals surface area (Å²) >= 11 is 0. The summed E-state index contributed by atoms with van der Waals surface area (Å²) < 4.78 is 32.9.